The van der Waals surface area contributed by atoms with E-state index in [2.05, 4.69) is 0 Å². The van der Waals surface area contributed by atoms with Crippen LogP contribution in [-0.4, -0.2) is 12.4 Å². The average Bonchev–Trinajstić information content (AvgIpc) is 2.30. The summed E-state index contributed by atoms with van der Waals surface area (Å²) in [5.41, 5.74) is 0.486. The van der Waals surface area contributed by atoms with E-state index >= 15 is 0 Å². The van der Waals surface area contributed by atoms with E-state index < -0.39 is 5.60 Å². The lowest BCUT2D eigenvalue weighted by molar-refractivity contribution is -0.124. The van der Waals surface area contributed by atoms with Crippen molar-refractivity contribution in [3.8, 4) is 5.75 Å². The first-order valence-electron chi connectivity index (χ1n) is 5.40. The molecule has 16 heavy (non-hydrogen) atoms. The topological polar surface area (TPSA) is 35.5 Å². The molecule has 1 atom stereocenters. The van der Waals surface area contributed by atoms with Crippen LogP contribution in [0.5, 0.6) is 5.75 Å². The fourth-order valence-electron chi connectivity index (χ4n) is 2.36. The fourth-order valence-corrected chi connectivity index (χ4v) is 2.36. The third kappa shape index (κ3) is 1.32. The molecule has 0 aliphatic carbocycles. The molecule has 3 rings (SSSR count). The zero-order valence-electron chi connectivity index (χ0n) is 8.81. The van der Waals surface area contributed by atoms with Crippen LogP contribution >= 0.6 is 0 Å². The minimum atomic E-state index is -0.499. The van der Waals surface area contributed by atoms with Gasteiger partial charge < -0.3 is 9.47 Å². The molecule has 0 bridgehead atoms. The molecule has 1 aromatic rings. The van der Waals surface area contributed by atoms with E-state index in [0.717, 1.165) is 17.7 Å². The highest BCUT2D eigenvalue weighted by atomic mass is 16.5. The Balaban J connectivity index is 2.10. The van der Waals surface area contributed by atoms with Crippen LogP contribution in [0.1, 0.15) is 18.4 Å². The van der Waals surface area contributed by atoms with Gasteiger partial charge in [0, 0.05) is 18.1 Å². The van der Waals surface area contributed by atoms with Gasteiger partial charge in [0.15, 0.2) is 5.78 Å². The first kappa shape index (κ1) is 9.46. The second-order valence-corrected chi connectivity index (χ2v) is 4.15. The van der Waals surface area contributed by atoms with Crippen molar-refractivity contribution in [1.82, 2.24) is 0 Å². The molecule has 0 N–H and O–H groups in total. The molecule has 1 unspecified atom stereocenters. The Morgan fingerprint density at radius 2 is 2.12 bits per heavy atom. The van der Waals surface area contributed by atoms with Crippen LogP contribution in [-0.2, 0) is 15.1 Å². The van der Waals surface area contributed by atoms with Crippen LogP contribution in [0.25, 0.3) is 0 Å². The van der Waals surface area contributed by atoms with Crippen LogP contribution in [0.3, 0.4) is 0 Å². The molecule has 0 aromatic heterocycles. The highest BCUT2D eigenvalue weighted by Crippen LogP contribution is 2.43. The van der Waals surface area contributed by atoms with Crippen LogP contribution in [0, 0.1) is 0 Å². The van der Waals surface area contributed by atoms with Crippen molar-refractivity contribution < 1.29 is 14.3 Å². The number of ketones is 1. The van der Waals surface area contributed by atoms with Gasteiger partial charge in [-0.1, -0.05) is 18.2 Å². The monoisotopic (exact) mass is 216 g/mol. The first-order chi connectivity index (χ1) is 7.80. The molecule has 2 aliphatic rings. The van der Waals surface area contributed by atoms with Crippen LogP contribution < -0.4 is 4.74 Å². The summed E-state index contributed by atoms with van der Waals surface area (Å²) in [5.74, 6) is 0.944. The Hall–Kier alpha value is -1.77. The van der Waals surface area contributed by atoms with Crippen molar-refractivity contribution in [3.05, 3.63) is 42.2 Å². The number of ether oxygens (including phenoxy) is 2. The van der Waals surface area contributed by atoms with Gasteiger partial charge in [-0.15, -0.1) is 0 Å². The van der Waals surface area contributed by atoms with Crippen molar-refractivity contribution in [2.75, 3.05) is 6.61 Å². The first-order valence-corrected chi connectivity index (χ1v) is 5.40. The number of para-hydroxylation sites is 1. The van der Waals surface area contributed by atoms with E-state index in [0.29, 0.717) is 13.0 Å². The maximum absolute atomic E-state index is 11.5. The van der Waals surface area contributed by atoms with E-state index in [1.165, 1.54) is 12.3 Å². The molecular formula is C13H12O3. The number of hydrogen-bond donors (Lipinski definition) is 0. The number of carbonyl (C=O) groups is 1. The summed E-state index contributed by atoms with van der Waals surface area (Å²) < 4.78 is 11.3. The SMILES string of the molecule is O=C1C=COC2(CCOc3ccccc32)C1. The molecule has 1 aromatic carbocycles. The number of carbonyl (C=O) groups excluding carboxylic acids is 1. The van der Waals surface area contributed by atoms with Gasteiger partial charge in [0.2, 0.25) is 0 Å². The third-order valence-corrected chi connectivity index (χ3v) is 3.15. The van der Waals surface area contributed by atoms with Gasteiger partial charge in [0.1, 0.15) is 11.4 Å². The molecule has 2 heterocycles. The maximum atomic E-state index is 11.5. The van der Waals surface area contributed by atoms with E-state index in [4.69, 9.17) is 9.47 Å². The molecule has 0 saturated carbocycles. The van der Waals surface area contributed by atoms with Crippen LogP contribution in [0.2, 0.25) is 0 Å². The Bertz CT molecular complexity index is 464. The summed E-state index contributed by atoms with van der Waals surface area (Å²) in [6.45, 7) is 0.595. The van der Waals surface area contributed by atoms with E-state index in [9.17, 15) is 4.79 Å². The fraction of sp³-hybridized carbons (Fsp3) is 0.308. The van der Waals surface area contributed by atoms with E-state index in [1.54, 1.807) is 0 Å². The van der Waals surface area contributed by atoms with Crippen LogP contribution in [0.15, 0.2) is 36.6 Å². The molecule has 0 saturated heterocycles. The Kier molecular flexibility index (Phi) is 1.99. The molecule has 0 amide bonds. The van der Waals surface area contributed by atoms with Gasteiger partial charge in [-0.05, 0) is 6.07 Å². The predicted octanol–water partition coefficient (Wildman–Crippen LogP) is 2.17. The van der Waals surface area contributed by atoms with Crippen molar-refractivity contribution in [3.63, 3.8) is 0 Å². The molecule has 3 heteroatoms. The summed E-state index contributed by atoms with van der Waals surface area (Å²) in [6.07, 6.45) is 4.13. The van der Waals surface area contributed by atoms with Gasteiger partial charge in [0.25, 0.3) is 0 Å². The van der Waals surface area contributed by atoms with Crippen LogP contribution in [0.4, 0.5) is 0 Å². The second kappa shape index (κ2) is 3.37. The number of benzene rings is 1. The minimum absolute atomic E-state index is 0.114. The molecule has 3 nitrogen and oxygen atoms in total. The molecule has 1 spiro atoms. The summed E-state index contributed by atoms with van der Waals surface area (Å²) in [7, 11) is 0. The van der Waals surface area contributed by atoms with E-state index in [1.807, 2.05) is 24.3 Å². The largest absolute Gasteiger partial charge is 0.493 e. The van der Waals surface area contributed by atoms with Gasteiger partial charge in [-0.2, -0.15) is 0 Å². The highest BCUT2D eigenvalue weighted by Gasteiger charge is 2.42. The quantitative estimate of drug-likeness (QED) is 0.666. The van der Waals surface area contributed by atoms with Crippen molar-refractivity contribution in [2.45, 2.75) is 18.4 Å². The third-order valence-electron chi connectivity index (χ3n) is 3.15. The van der Waals surface area contributed by atoms with Crippen molar-refractivity contribution in [1.29, 1.82) is 0 Å². The lowest BCUT2D eigenvalue weighted by Crippen LogP contribution is -2.38. The predicted molar refractivity (Wildman–Crippen MR) is 58.1 cm³/mol. The molecular weight excluding hydrogens is 204 g/mol. The Morgan fingerprint density at radius 3 is 3.00 bits per heavy atom. The molecule has 0 fully saturated rings. The minimum Gasteiger partial charge on any atom is -0.493 e. The lowest BCUT2D eigenvalue weighted by Gasteiger charge is -2.38. The summed E-state index contributed by atoms with van der Waals surface area (Å²) in [6, 6.07) is 7.77. The summed E-state index contributed by atoms with van der Waals surface area (Å²) >= 11 is 0. The average molecular weight is 216 g/mol. The summed E-state index contributed by atoms with van der Waals surface area (Å²) in [5, 5.41) is 0. The number of rotatable bonds is 0. The molecule has 82 valence electrons. The van der Waals surface area contributed by atoms with Gasteiger partial charge >= 0.3 is 0 Å². The summed E-state index contributed by atoms with van der Waals surface area (Å²) in [4.78, 5) is 11.5. The van der Waals surface area contributed by atoms with Gasteiger partial charge in [0.05, 0.1) is 19.3 Å². The Labute approximate surface area is 93.7 Å². The standard InChI is InChI=1S/C13H12O3/c14-10-5-7-16-13(9-10)6-8-15-12-4-2-1-3-11(12)13/h1-5,7H,6,8-9H2. The number of hydrogen-bond acceptors (Lipinski definition) is 3. The highest BCUT2D eigenvalue weighted by molar-refractivity contribution is 5.91. The number of allylic oxidation sites excluding steroid dienone is 1. The zero-order valence-corrected chi connectivity index (χ0v) is 8.81. The lowest BCUT2D eigenvalue weighted by atomic mass is 9.82. The smallest absolute Gasteiger partial charge is 0.163 e. The number of fused-ring (bicyclic) bond motifs is 2. The Morgan fingerprint density at radius 1 is 1.25 bits per heavy atom. The van der Waals surface area contributed by atoms with Crippen molar-refractivity contribution in [2.24, 2.45) is 0 Å². The maximum Gasteiger partial charge on any atom is 0.163 e. The molecule has 2 aliphatic heterocycles. The molecule has 0 radical (unpaired) electrons. The second-order valence-electron chi connectivity index (χ2n) is 4.15. The van der Waals surface area contributed by atoms with Gasteiger partial charge in [-0.3, -0.25) is 4.79 Å². The van der Waals surface area contributed by atoms with E-state index in [-0.39, 0.29) is 5.78 Å². The van der Waals surface area contributed by atoms with Crippen molar-refractivity contribution >= 4 is 5.78 Å². The van der Waals surface area contributed by atoms with Gasteiger partial charge in [-0.25, -0.2) is 0 Å². The normalized spacial score (nSPS) is 27.1. The zero-order chi connectivity index (χ0) is 11.0.